The zero-order valence-electron chi connectivity index (χ0n) is 17.4. The summed E-state index contributed by atoms with van der Waals surface area (Å²) >= 11 is 0. The number of allylic oxidation sites excluding steroid dienone is 1. The van der Waals surface area contributed by atoms with E-state index in [1.54, 1.807) is 18.2 Å². The molecule has 0 spiro atoms. The molecule has 0 saturated heterocycles. The number of H-pyrrole nitrogens is 1. The Balaban J connectivity index is 1.67. The molecular weight excluding hydrogens is 417 g/mol. The van der Waals surface area contributed by atoms with E-state index in [-0.39, 0.29) is 12.1 Å². The van der Waals surface area contributed by atoms with Gasteiger partial charge in [-0.3, -0.25) is 19.3 Å². The largest absolute Gasteiger partial charge is 0.494 e. The molecule has 1 aromatic heterocycles. The zero-order valence-corrected chi connectivity index (χ0v) is 17.4. The number of aromatic amines is 1. The van der Waals surface area contributed by atoms with Gasteiger partial charge in [-0.15, -0.1) is 0 Å². The summed E-state index contributed by atoms with van der Waals surface area (Å²) in [6, 6.07) is 9.46. The molecule has 0 aliphatic carbocycles. The number of hydrogen-bond donors (Lipinski definition) is 2. The second kappa shape index (κ2) is 8.54. The van der Waals surface area contributed by atoms with Gasteiger partial charge in [-0.25, -0.2) is 9.18 Å². The van der Waals surface area contributed by atoms with Gasteiger partial charge in [0.1, 0.15) is 11.4 Å². The number of nitrogens with one attached hydrogen (secondary N) is 1. The minimum Gasteiger partial charge on any atom is -0.494 e. The molecule has 0 saturated carbocycles. The van der Waals surface area contributed by atoms with E-state index < -0.39 is 22.9 Å². The number of halogens is 1. The number of methoxy groups -OCH3 is 2. The Bertz CT molecular complexity index is 1370. The molecule has 0 fully saturated rings. The van der Waals surface area contributed by atoms with Gasteiger partial charge < -0.3 is 14.6 Å². The molecule has 0 bridgehead atoms. The second-order valence-electron chi connectivity index (χ2n) is 7.11. The minimum atomic E-state index is -0.730. The molecule has 3 aromatic rings. The summed E-state index contributed by atoms with van der Waals surface area (Å²) < 4.78 is 25.0. The fraction of sp³-hybridized carbons (Fsp3) is 0.174. The van der Waals surface area contributed by atoms with Gasteiger partial charge in [-0.2, -0.15) is 0 Å². The lowest BCUT2D eigenvalue weighted by molar-refractivity contribution is 0.354. The Morgan fingerprint density at radius 2 is 1.91 bits per heavy atom. The quantitative estimate of drug-likeness (QED) is 0.617. The number of benzene rings is 2. The summed E-state index contributed by atoms with van der Waals surface area (Å²) in [6.45, 7) is 0.114. The van der Waals surface area contributed by atoms with Crippen LogP contribution in [0, 0.1) is 5.82 Å². The van der Waals surface area contributed by atoms with Crippen molar-refractivity contribution in [1.82, 2.24) is 9.55 Å². The second-order valence-corrected chi connectivity index (χ2v) is 7.11. The van der Waals surface area contributed by atoms with E-state index in [4.69, 9.17) is 9.47 Å². The maximum absolute atomic E-state index is 13.4. The van der Waals surface area contributed by atoms with Crippen LogP contribution in [-0.2, 0) is 13.0 Å². The van der Waals surface area contributed by atoms with Crippen molar-refractivity contribution < 1.29 is 19.0 Å². The molecule has 4 rings (SSSR count). The minimum absolute atomic E-state index is 0.0875. The summed E-state index contributed by atoms with van der Waals surface area (Å²) in [4.78, 5) is 31.1. The fourth-order valence-electron chi connectivity index (χ4n) is 3.52. The first-order valence-electron chi connectivity index (χ1n) is 9.74. The van der Waals surface area contributed by atoms with E-state index in [9.17, 15) is 19.1 Å². The average molecular weight is 437 g/mol. The number of aromatic nitrogens is 2. The molecule has 2 N–H and O–H groups in total. The van der Waals surface area contributed by atoms with Gasteiger partial charge in [0.15, 0.2) is 11.5 Å². The molecule has 9 heteroatoms. The summed E-state index contributed by atoms with van der Waals surface area (Å²) in [5.41, 5.74) is 0.867. The van der Waals surface area contributed by atoms with Crippen LogP contribution in [0.5, 0.6) is 17.4 Å². The third-order valence-corrected chi connectivity index (χ3v) is 5.19. The topological polar surface area (TPSA) is 106 Å². The molecule has 164 valence electrons. The van der Waals surface area contributed by atoms with Crippen LogP contribution in [0.2, 0.25) is 0 Å². The van der Waals surface area contributed by atoms with Gasteiger partial charge in [0.2, 0.25) is 5.88 Å². The van der Waals surface area contributed by atoms with Crippen molar-refractivity contribution >= 4 is 23.6 Å². The lowest BCUT2D eigenvalue weighted by atomic mass is 10.0. The monoisotopic (exact) mass is 437 g/mol. The van der Waals surface area contributed by atoms with Gasteiger partial charge in [0, 0.05) is 30.0 Å². The first-order chi connectivity index (χ1) is 15.4. The van der Waals surface area contributed by atoms with Crippen LogP contribution in [0.15, 0.2) is 51.0 Å². The highest BCUT2D eigenvalue weighted by atomic mass is 19.1. The summed E-state index contributed by atoms with van der Waals surface area (Å²) in [5.74, 6) is 0.235. The van der Waals surface area contributed by atoms with Crippen molar-refractivity contribution in [1.29, 1.82) is 0 Å². The van der Waals surface area contributed by atoms with Crippen molar-refractivity contribution in [3.05, 3.63) is 79.7 Å². The molecule has 2 aromatic carbocycles. The van der Waals surface area contributed by atoms with Crippen LogP contribution in [0.4, 0.5) is 10.1 Å². The van der Waals surface area contributed by atoms with Crippen LogP contribution in [0.3, 0.4) is 0 Å². The normalized spacial score (nSPS) is 13.4. The number of aliphatic imine (C=N–C) groups is 1. The molecule has 8 nitrogen and oxygen atoms in total. The maximum atomic E-state index is 13.4. The van der Waals surface area contributed by atoms with Gasteiger partial charge in [-0.05, 0) is 42.3 Å². The third kappa shape index (κ3) is 3.92. The van der Waals surface area contributed by atoms with Crippen molar-refractivity contribution in [2.24, 2.45) is 4.99 Å². The van der Waals surface area contributed by atoms with Crippen molar-refractivity contribution in [3.63, 3.8) is 0 Å². The smallest absolute Gasteiger partial charge is 0.331 e. The molecular formula is C23H20FN3O5. The van der Waals surface area contributed by atoms with Crippen molar-refractivity contribution in [2.75, 3.05) is 14.2 Å². The average Bonchev–Trinajstić information content (AvgIpc) is 3.17. The number of hydrogen-bond acceptors (Lipinski definition) is 6. The SMILES string of the molecule is COc1ccc(CCn2c(O)c(/C=C3\C=Nc4cc(F)ccc43)c(=O)[nH]c2=O)cc1OC. The molecule has 0 amide bonds. The summed E-state index contributed by atoms with van der Waals surface area (Å²) in [5, 5.41) is 10.7. The zero-order chi connectivity index (χ0) is 22.8. The molecule has 1 aliphatic rings. The standard InChI is InChI=1S/C23H20FN3O5/c1-31-19-6-3-13(9-20(19)32-2)7-8-27-22(29)17(21(28)26-23(27)30)10-14-12-25-18-11-15(24)4-5-16(14)18/h3-6,9-12,29H,7-8H2,1-2H3,(H,26,28,30)/b14-10+. The van der Waals surface area contributed by atoms with E-state index in [0.717, 1.165) is 10.1 Å². The number of nitrogens with zero attached hydrogens (tertiary/aromatic N) is 2. The lowest BCUT2D eigenvalue weighted by Crippen LogP contribution is -2.32. The van der Waals surface area contributed by atoms with Gasteiger partial charge in [0.05, 0.1) is 19.9 Å². The van der Waals surface area contributed by atoms with E-state index in [0.29, 0.717) is 34.7 Å². The number of rotatable bonds is 6. The van der Waals surface area contributed by atoms with Gasteiger partial charge in [-0.1, -0.05) is 6.07 Å². The molecule has 2 heterocycles. The first kappa shape index (κ1) is 21.1. The Morgan fingerprint density at radius 3 is 2.66 bits per heavy atom. The molecule has 0 atom stereocenters. The van der Waals surface area contributed by atoms with Crippen molar-refractivity contribution in [3.8, 4) is 17.4 Å². The Morgan fingerprint density at radius 1 is 1.12 bits per heavy atom. The van der Waals surface area contributed by atoms with Crippen molar-refractivity contribution in [2.45, 2.75) is 13.0 Å². The predicted octanol–water partition coefficient (Wildman–Crippen LogP) is 2.90. The van der Waals surface area contributed by atoms with Crippen LogP contribution in [-0.4, -0.2) is 35.1 Å². The lowest BCUT2D eigenvalue weighted by Gasteiger charge is -2.12. The van der Waals surface area contributed by atoms with Crippen LogP contribution in [0.1, 0.15) is 16.7 Å². The Labute approximate surface area is 181 Å². The third-order valence-electron chi connectivity index (χ3n) is 5.19. The molecule has 1 aliphatic heterocycles. The molecule has 0 radical (unpaired) electrons. The highest BCUT2D eigenvalue weighted by molar-refractivity contribution is 6.21. The first-order valence-corrected chi connectivity index (χ1v) is 9.74. The number of ether oxygens (including phenoxy) is 2. The van der Waals surface area contributed by atoms with E-state index >= 15 is 0 Å². The van der Waals surface area contributed by atoms with E-state index in [2.05, 4.69) is 9.98 Å². The van der Waals surface area contributed by atoms with Crippen LogP contribution >= 0.6 is 0 Å². The Hall–Kier alpha value is -4.14. The molecule has 0 unspecified atom stereocenters. The summed E-state index contributed by atoms with van der Waals surface area (Å²) in [7, 11) is 3.06. The van der Waals surface area contributed by atoms with Gasteiger partial charge >= 0.3 is 5.69 Å². The summed E-state index contributed by atoms with van der Waals surface area (Å²) in [6.07, 6.45) is 3.29. The number of aromatic hydroxyl groups is 1. The number of aryl methyl sites for hydroxylation is 1. The highest BCUT2D eigenvalue weighted by Crippen LogP contribution is 2.33. The van der Waals surface area contributed by atoms with E-state index in [1.807, 2.05) is 6.07 Å². The molecule has 32 heavy (non-hydrogen) atoms. The van der Waals surface area contributed by atoms with Crippen LogP contribution in [0.25, 0.3) is 11.6 Å². The fourth-order valence-corrected chi connectivity index (χ4v) is 3.52. The Kier molecular flexibility index (Phi) is 5.63. The highest BCUT2D eigenvalue weighted by Gasteiger charge is 2.17. The maximum Gasteiger partial charge on any atom is 0.331 e. The van der Waals surface area contributed by atoms with Crippen LogP contribution < -0.4 is 20.7 Å². The predicted molar refractivity (Wildman–Crippen MR) is 119 cm³/mol. The van der Waals surface area contributed by atoms with E-state index in [1.165, 1.54) is 38.6 Å². The number of fused-ring (bicyclic) bond motifs is 1. The van der Waals surface area contributed by atoms with Gasteiger partial charge in [0.25, 0.3) is 5.56 Å².